The van der Waals surface area contributed by atoms with E-state index in [9.17, 15) is 4.79 Å². The van der Waals surface area contributed by atoms with E-state index in [2.05, 4.69) is 56.5 Å². The molecule has 0 aliphatic heterocycles. The van der Waals surface area contributed by atoms with Gasteiger partial charge < -0.3 is 15.4 Å². The van der Waals surface area contributed by atoms with E-state index in [-0.39, 0.29) is 12.5 Å². The van der Waals surface area contributed by atoms with E-state index in [0.717, 1.165) is 23.4 Å². The Hall–Kier alpha value is -2.49. The van der Waals surface area contributed by atoms with Crippen LogP contribution in [0.2, 0.25) is 0 Å². The highest BCUT2D eigenvalue weighted by molar-refractivity contribution is 5.81. The lowest BCUT2D eigenvalue weighted by Crippen LogP contribution is -2.32. The van der Waals surface area contributed by atoms with Crippen molar-refractivity contribution in [3.63, 3.8) is 0 Å². The number of methoxy groups -OCH3 is 1. The number of carbonyl (C=O) groups is 1. The van der Waals surface area contributed by atoms with Crippen molar-refractivity contribution in [1.29, 1.82) is 0 Å². The maximum Gasteiger partial charge on any atom is 0.239 e. The molecule has 0 radical (unpaired) electrons. The van der Waals surface area contributed by atoms with Crippen molar-refractivity contribution in [2.75, 3.05) is 25.5 Å². The molecule has 2 aromatic carbocycles. The summed E-state index contributed by atoms with van der Waals surface area (Å²) in [5.41, 5.74) is 4.70. The summed E-state index contributed by atoms with van der Waals surface area (Å²) in [6, 6.07) is 14.3. The van der Waals surface area contributed by atoms with Gasteiger partial charge in [0, 0.05) is 12.2 Å². The fraction of sp³-hybridized carbons (Fsp3) is 0.435. The van der Waals surface area contributed by atoms with Crippen LogP contribution in [0.3, 0.4) is 0 Å². The van der Waals surface area contributed by atoms with Gasteiger partial charge in [-0.05, 0) is 41.0 Å². The second-order valence-electron chi connectivity index (χ2n) is 7.39. The molecule has 0 unspecified atom stereocenters. The minimum absolute atomic E-state index is 0.00170. The SMILES string of the molecule is COc1ccccc1CCNC(=O)CNc1c(C(C)C)cccc1C(C)C. The first kappa shape index (κ1) is 20.8. The maximum atomic E-state index is 12.3. The van der Waals surface area contributed by atoms with Gasteiger partial charge in [-0.1, -0.05) is 64.1 Å². The van der Waals surface area contributed by atoms with Crippen molar-refractivity contribution in [2.45, 2.75) is 46.0 Å². The first-order chi connectivity index (χ1) is 12.9. The summed E-state index contributed by atoms with van der Waals surface area (Å²) in [6.07, 6.45) is 0.746. The van der Waals surface area contributed by atoms with Crippen molar-refractivity contribution in [3.8, 4) is 5.75 Å². The fourth-order valence-corrected chi connectivity index (χ4v) is 3.23. The van der Waals surface area contributed by atoms with E-state index in [4.69, 9.17) is 4.74 Å². The molecule has 0 aliphatic rings. The molecule has 0 saturated heterocycles. The molecule has 4 heteroatoms. The van der Waals surface area contributed by atoms with E-state index in [1.807, 2.05) is 24.3 Å². The van der Waals surface area contributed by atoms with Gasteiger partial charge in [-0.3, -0.25) is 4.79 Å². The molecule has 0 aromatic heterocycles. The van der Waals surface area contributed by atoms with Crippen LogP contribution >= 0.6 is 0 Å². The molecule has 0 fully saturated rings. The summed E-state index contributed by atoms with van der Waals surface area (Å²) >= 11 is 0. The molecule has 146 valence electrons. The number of carbonyl (C=O) groups excluding carboxylic acids is 1. The number of ether oxygens (including phenoxy) is 1. The van der Waals surface area contributed by atoms with Crippen molar-refractivity contribution in [1.82, 2.24) is 5.32 Å². The molecule has 0 spiro atoms. The highest BCUT2D eigenvalue weighted by Gasteiger charge is 2.14. The van der Waals surface area contributed by atoms with Crippen LogP contribution in [-0.2, 0) is 11.2 Å². The second kappa shape index (κ2) is 10.0. The van der Waals surface area contributed by atoms with Gasteiger partial charge in [-0.2, -0.15) is 0 Å². The van der Waals surface area contributed by atoms with Crippen molar-refractivity contribution < 1.29 is 9.53 Å². The molecule has 2 N–H and O–H groups in total. The van der Waals surface area contributed by atoms with Crippen LogP contribution in [0.1, 0.15) is 56.2 Å². The molecule has 0 atom stereocenters. The summed E-state index contributed by atoms with van der Waals surface area (Å²) in [6.45, 7) is 9.57. The van der Waals surface area contributed by atoms with Gasteiger partial charge in [0.15, 0.2) is 0 Å². The number of anilines is 1. The third kappa shape index (κ3) is 5.75. The summed E-state index contributed by atoms with van der Waals surface area (Å²) < 4.78 is 5.35. The Bertz CT molecular complexity index is 728. The minimum atomic E-state index is -0.00170. The van der Waals surface area contributed by atoms with Crippen molar-refractivity contribution in [2.24, 2.45) is 0 Å². The molecule has 2 rings (SSSR count). The van der Waals surface area contributed by atoms with Crippen LogP contribution in [0.5, 0.6) is 5.75 Å². The monoisotopic (exact) mass is 368 g/mol. The molecule has 0 bridgehead atoms. The van der Waals surface area contributed by atoms with Gasteiger partial charge in [0.1, 0.15) is 5.75 Å². The second-order valence-corrected chi connectivity index (χ2v) is 7.39. The normalized spacial score (nSPS) is 10.9. The molecular weight excluding hydrogens is 336 g/mol. The van der Waals surface area contributed by atoms with Gasteiger partial charge in [0.05, 0.1) is 13.7 Å². The number of para-hydroxylation sites is 2. The molecule has 1 amide bonds. The van der Waals surface area contributed by atoms with Gasteiger partial charge in [-0.15, -0.1) is 0 Å². The number of nitrogens with one attached hydrogen (secondary N) is 2. The van der Waals surface area contributed by atoms with Crippen molar-refractivity contribution in [3.05, 3.63) is 59.2 Å². The van der Waals surface area contributed by atoms with Gasteiger partial charge in [0.25, 0.3) is 0 Å². The van der Waals surface area contributed by atoms with Gasteiger partial charge in [-0.25, -0.2) is 0 Å². The minimum Gasteiger partial charge on any atom is -0.496 e. The first-order valence-corrected chi connectivity index (χ1v) is 9.69. The molecule has 27 heavy (non-hydrogen) atoms. The van der Waals surface area contributed by atoms with Crippen LogP contribution in [-0.4, -0.2) is 26.1 Å². The highest BCUT2D eigenvalue weighted by atomic mass is 16.5. The Morgan fingerprint density at radius 1 is 0.963 bits per heavy atom. The lowest BCUT2D eigenvalue weighted by atomic mass is 9.92. The van der Waals surface area contributed by atoms with Gasteiger partial charge >= 0.3 is 0 Å². The Morgan fingerprint density at radius 3 is 2.19 bits per heavy atom. The molecule has 4 nitrogen and oxygen atoms in total. The average molecular weight is 369 g/mol. The Balaban J connectivity index is 1.94. The smallest absolute Gasteiger partial charge is 0.239 e. The molecule has 2 aromatic rings. The third-order valence-corrected chi connectivity index (χ3v) is 4.71. The summed E-state index contributed by atoms with van der Waals surface area (Å²) in [5.74, 6) is 1.66. The average Bonchev–Trinajstić information content (AvgIpc) is 2.66. The molecule has 0 aliphatic carbocycles. The molecule has 0 saturated carbocycles. The predicted octanol–water partition coefficient (Wildman–Crippen LogP) is 4.71. The first-order valence-electron chi connectivity index (χ1n) is 9.69. The molecule has 0 heterocycles. The van der Waals surface area contributed by atoms with Crippen LogP contribution in [0.15, 0.2) is 42.5 Å². The summed E-state index contributed by atoms with van der Waals surface area (Å²) in [4.78, 5) is 12.3. The van der Waals surface area contributed by atoms with E-state index in [0.29, 0.717) is 18.4 Å². The van der Waals surface area contributed by atoms with E-state index in [1.165, 1.54) is 11.1 Å². The Kier molecular flexibility index (Phi) is 7.71. The Labute approximate surface area is 163 Å². The van der Waals surface area contributed by atoms with Crippen molar-refractivity contribution >= 4 is 11.6 Å². The predicted molar refractivity (Wildman–Crippen MR) is 113 cm³/mol. The third-order valence-electron chi connectivity index (χ3n) is 4.71. The summed E-state index contributed by atoms with van der Waals surface area (Å²) in [7, 11) is 1.67. The largest absolute Gasteiger partial charge is 0.496 e. The number of amides is 1. The zero-order chi connectivity index (χ0) is 19.8. The summed E-state index contributed by atoms with van der Waals surface area (Å²) in [5, 5.41) is 6.37. The van der Waals surface area contributed by atoms with Crippen LogP contribution in [0.25, 0.3) is 0 Å². The standard InChI is InChI=1S/C23H32N2O2/c1-16(2)19-10-8-11-20(17(3)4)23(19)25-15-22(26)24-14-13-18-9-6-7-12-21(18)27-5/h6-12,16-17,25H,13-15H2,1-5H3,(H,24,26). The highest BCUT2D eigenvalue weighted by Crippen LogP contribution is 2.32. The maximum absolute atomic E-state index is 12.3. The quantitative estimate of drug-likeness (QED) is 0.674. The molecular formula is C23H32N2O2. The lowest BCUT2D eigenvalue weighted by Gasteiger charge is -2.20. The van der Waals surface area contributed by atoms with Crippen LogP contribution in [0.4, 0.5) is 5.69 Å². The van der Waals surface area contributed by atoms with Crippen LogP contribution < -0.4 is 15.4 Å². The van der Waals surface area contributed by atoms with Crippen LogP contribution in [0, 0.1) is 0 Å². The van der Waals surface area contributed by atoms with Gasteiger partial charge in [0.2, 0.25) is 5.91 Å². The number of hydrogen-bond donors (Lipinski definition) is 2. The number of benzene rings is 2. The van der Waals surface area contributed by atoms with E-state index < -0.39 is 0 Å². The Morgan fingerprint density at radius 2 is 1.59 bits per heavy atom. The lowest BCUT2D eigenvalue weighted by molar-refractivity contribution is -0.119. The fourth-order valence-electron chi connectivity index (χ4n) is 3.23. The topological polar surface area (TPSA) is 50.4 Å². The zero-order valence-electron chi connectivity index (χ0n) is 17.1. The van der Waals surface area contributed by atoms with E-state index in [1.54, 1.807) is 7.11 Å². The van der Waals surface area contributed by atoms with E-state index >= 15 is 0 Å². The number of rotatable bonds is 9. The number of hydrogen-bond acceptors (Lipinski definition) is 3. The zero-order valence-corrected chi connectivity index (χ0v) is 17.1.